The third kappa shape index (κ3) is 2.23. The van der Waals surface area contributed by atoms with Gasteiger partial charge in [-0.1, -0.05) is 18.9 Å². The van der Waals surface area contributed by atoms with Gasteiger partial charge in [0, 0.05) is 11.7 Å². The second-order valence-electron chi connectivity index (χ2n) is 4.34. The van der Waals surface area contributed by atoms with Crippen LogP contribution in [-0.2, 0) is 0 Å². The Hall–Kier alpha value is -1.38. The second-order valence-corrected chi connectivity index (χ2v) is 4.34. The van der Waals surface area contributed by atoms with Gasteiger partial charge in [-0.3, -0.25) is 4.79 Å². The van der Waals surface area contributed by atoms with Crippen molar-refractivity contribution in [1.82, 2.24) is 0 Å². The fourth-order valence-corrected chi connectivity index (χ4v) is 2.29. The van der Waals surface area contributed by atoms with Crippen molar-refractivity contribution in [3.05, 3.63) is 29.6 Å². The van der Waals surface area contributed by atoms with E-state index in [2.05, 4.69) is 5.32 Å². The number of Topliss-reactive ketones (excluding diaryl/α,β-unsaturated/α-hetero) is 1. The Morgan fingerprint density at radius 2 is 2.06 bits per heavy atom. The second kappa shape index (κ2) is 4.64. The van der Waals surface area contributed by atoms with E-state index in [1.54, 1.807) is 12.1 Å². The molecule has 0 amide bonds. The number of hydrogen-bond donors (Lipinski definition) is 1. The van der Waals surface area contributed by atoms with E-state index in [4.69, 9.17) is 0 Å². The fourth-order valence-electron chi connectivity index (χ4n) is 2.29. The highest BCUT2D eigenvalue weighted by molar-refractivity contribution is 5.99. The molecule has 2 rings (SSSR count). The lowest BCUT2D eigenvalue weighted by Crippen LogP contribution is -2.17. The van der Waals surface area contributed by atoms with Gasteiger partial charge in [0.1, 0.15) is 5.82 Å². The van der Waals surface area contributed by atoms with Crippen molar-refractivity contribution >= 4 is 11.5 Å². The molecule has 0 spiro atoms. The van der Waals surface area contributed by atoms with E-state index in [0.717, 1.165) is 12.8 Å². The first-order valence-corrected chi connectivity index (χ1v) is 5.74. The lowest BCUT2D eigenvalue weighted by Gasteiger charge is -2.16. The maximum atomic E-state index is 13.5. The van der Waals surface area contributed by atoms with Crippen molar-refractivity contribution in [3.63, 3.8) is 0 Å². The number of carbonyl (C=O) groups excluding carboxylic acids is 1. The van der Waals surface area contributed by atoms with Crippen LogP contribution in [0.25, 0.3) is 0 Å². The molecule has 3 heteroatoms. The van der Waals surface area contributed by atoms with Crippen molar-refractivity contribution in [2.75, 3.05) is 5.32 Å². The summed E-state index contributed by atoms with van der Waals surface area (Å²) < 4.78 is 13.5. The van der Waals surface area contributed by atoms with Crippen LogP contribution >= 0.6 is 0 Å². The summed E-state index contributed by atoms with van der Waals surface area (Å²) in [7, 11) is 0. The number of hydrogen-bond acceptors (Lipinski definition) is 2. The molecule has 1 aromatic carbocycles. The van der Waals surface area contributed by atoms with Crippen LogP contribution in [0.4, 0.5) is 10.1 Å². The lowest BCUT2D eigenvalue weighted by atomic mass is 10.1. The van der Waals surface area contributed by atoms with Crippen molar-refractivity contribution in [1.29, 1.82) is 0 Å². The molecule has 1 N–H and O–H groups in total. The Balaban J connectivity index is 2.25. The highest BCUT2D eigenvalue weighted by Crippen LogP contribution is 2.25. The molecule has 0 aromatic heterocycles. The molecule has 0 atom stereocenters. The molecule has 0 heterocycles. The fraction of sp³-hybridized carbons (Fsp3) is 0.462. The molecule has 1 aliphatic rings. The van der Waals surface area contributed by atoms with E-state index >= 15 is 0 Å². The zero-order valence-electron chi connectivity index (χ0n) is 9.42. The van der Waals surface area contributed by atoms with Gasteiger partial charge >= 0.3 is 0 Å². The Morgan fingerprint density at radius 3 is 2.69 bits per heavy atom. The molecule has 0 radical (unpaired) electrons. The van der Waals surface area contributed by atoms with Gasteiger partial charge < -0.3 is 5.32 Å². The van der Waals surface area contributed by atoms with E-state index in [9.17, 15) is 9.18 Å². The smallest absolute Gasteiger partial charge is 0.164 e. The number of carbonyl (C=O) groups is 1. The molecular formula is C13H16FNO. The zero-order chi connectivity index (χ0) is 11.5. The molecule has 86 valence electrons. The average Bonchev–Trinajstić information content (AvgIpc) is 2.70. The van der Waals surface area contributed by atoms with E-state index in [0.29, 0.717) is 11.7 Å². The standard InChI is InChI=1S/C13H16FNO/c1-9(16)13-11(14)7-4-8-12(13)15-10-5-2-3-6-10/h4,7-8,10,15H,2-3,5-6H2,1H3. The van der Waals surface area contributed by atoms with Crippen LogP contribution in [0.2, 0.25) is 0 Å². The monoisotopic (exact) mass is 221 g/mol. The van der Waals surface area contributed by atoms with Crippen LogP contribution in [0.5, 0.6) is 0 Å². The molecule has 0 unspecified atom stereocenters. The first-order valence-electron chi connectivity index (χ1n) is 5.74. The molecule has 0 bridgehead atoms. The van der Waals surface area contributed by atoms with Gasteiger partial charge in [0.05, 0.1) is 5.56 Å². The van der Waals surface area contributed by atoms with Crippen LogP contribution in [0.1, 0.15) is 43.0 Å². The molecule has 1 saturated carbocycles. The first kappa shape index (κ1) is 11.1. The quantitative estimate of drug-likeness (QED) is 0.793. The number of rotatable bonds is 3. The highest BCUT2D eigenvalue weighted by Gasteiger charge is 2.18. The minimum atomic E-state index is -0.435. The molecule has 1 fully saturated rings. The summed E-state index contributed by atoms with van der Waals surface area (Å²) in [5.41, 5.74) is 0.828. The van der Waals surface area contributed by atoms with E-state index in [1.807, 2.05) is 0 Å². The highest BCUT2D eigenvalue weighted by atomic mass is 19.1. The number of halogens is 1. The van der Waals surface area contributed by atoms with Gasteiger partial charge in [-0.15, -0.1) is 0 Å². The molecule has 1 aromatic rings. The van der Waals surface area contributed by atoms with Crippen LogP contribution in [0.15, 0.2) is 18.2 Å². The van der Waals surface area contributed by atoms with Crippen LogP contribution in [-0.4, -0.2) is 11.8 Å². The Labute approximate surface area is 94.9 Å². The third-order valence-electron chi connectivity index (χ3n) is 3.08. The minimum absolute atomic E-state index is 0.189. The van der Waals surface area contributed by atoms with Crippen LogP contribution in [0, 0.1) is 5.82 Å². The molecule has 0 aliphatic heterocycles. The largest absolute Gasteiger partial charge is 0.382 e. The van der Waals surface area contributed by atoms with Crippen molar-refractivity contribution in [3.8, 4) is 0 Å². The van der Waals surface area contributed by atoms with E-state index in [1.165, 1.54) is 25.8 Å². The Kier molecular flexibility index (Phi) is 3.22. The van der Waals surface area contributed by atoms with Gasteiger partial charge in [0.25, 0.3) is 0 Å². The zero-order valence-corrected chi connectivity index (χ0v) is 9.42. The minimum Gasteiger partial charge on any atom is -0.382 e. The predicted octanol–water partition coefficient (Wildman–Crippen LogP) is 3.38. The average molecular weight is 221 g/mol. The van der Waals surface area contributed by atoms with Crippen molar-refractivity contribution < 1.29 is 9.18 Å². The van der Waals surface area contributed by atoms with Gasteiger partial charge in [-0.2, -0.15) is 0 Å². The molecule has 16 heavy (non-hydrogen) atoms. The van der Waals surface area contributed by atoms with E-state index in [-0.39, 0.29) is 11.3 Å². The normalized spacial score (nSPS) is 16.4. The summed E-state index contributed by atoms with van der Waals surface area (Å²) in [4.78, 5) is 11.4. The van der Waals surface area contributed by atoms with Crippen molar-refractivity contribution in [2.24, 2.45) is 0 Å². The summed E-state index contributed by atoms with van der Waals surface area (Å²) >= 11 is 0. The number of ketones is 1. The van der Waals surface area contributed by atoms with Crippen LogP contribution in [0.3, 0.4) is 0 Å². The maximum absolute atomic E-state index is 13.5. The summed E-state index contributed by atoms with van der Waals surface area (Å²) in [6.07, 6.45) is 4.63. The predicted molar refractivity (Wildman–Crippen MR) is 62.3 cm³/mol. The van der Waals surface area contributed by atoms with Crippen LogP contribution < -0.4 is 5.32 Å². The first-order chi connectivity index (χ1) is 7.68. The van der Waals surface area contributed by atoms with Gasteiger partial charge in [-0.25, -0.2) is 4.39 Å². The maximum Gasteiger partial charge on any atom is 0.164 e. The summed E-state index contributed by atoms with van der Waals surface area (Å²) in [5.74, 6) is -0.658. The topological polar surface area (TPSA) is 29.1 Å². The van der Waals surface area contributed by atoms with E-state index < -0.39 is 5.82 Å². The van der Waals surface area contributed by atoms with Gasteiger partial charge in [0.15, 0.2) is 5.78 Å². The molecule has 2 nitrogen and oxygen atoms in total. The summed E-state index contributed by atoms with van der Waals surface area (Å²) in [5, 5.41) is 3.27. The number of benzene rings is 1. The summed E-state index contributed by atoms with van der Waals surface area (Å²) in [6, 6.07) is 5.13. The number of anilines is 1. The Morgan fingerprint density at radius 1 is 1.38 bits per heavy atom. The molecule has 1 aliphatic carbocycles. The summed E-state index contributed by atoms with van der Waals surface area (Å²) in [6.45, 7) is 1.40. The van der Waals surface area contributed by atoms with Gasteiger partial charge in [0.2, 0.25) is 0 Å². The number of nitrogens with one attached hydrogen (secondary N) is 1. The SMILES string of the molecule is CC(=O)c1c(F)cccc1NC1CCCC1. The van der Waals surface area contributed by atoms with Gasteiger partial charge in [-0.05, 0) is 31.9 Å². The Bertz CT molecular complexity index is 397. The lowest BCUT2D eigenvalue weighted by molar-refractivity contribution is 0.101. The third-order valence-corrected chi connectivity index (χ3v) is 3.08. The molecule has 0 saturated heterocycles. The molecular weight excluding hydrogens is 205 g/mol. The van der Waals surface area contributed by atoms with Crippen molar-refractivity contribution in [2.45, 2.75) is 38.6 Å².